The molecule has 0 bridgehead atoms. The molecule has 0 spiro atoms. The molecule has 8 heteroatoms. The largest absolute Gasteiger partial charge is 0.494 e. The Hall–Kier alpha value is -4.14. The molecular weight excluding hydrogens is 560 g/mol. The molecule has 226 valence electrons. The van der Waals surface area contributed by atoms with Crippen molar-refractivity contribution < 1.29 is 22.7 Å². The lowest BCUT2D eigenvalue weighted by atomic mass is 10.0. The van der Waals surface area contributed by atoms with E-state index in [-0.39, 0.29) is 29.4 Å². The first-order valence-corrected chi connectivity index (χ1v) is 16.0. The van der Waals surface area contributed by atoms with Gasteiger partial charge in [-0.15, -0.1) is 0 Å². The zero-order valence-corrected chi connectivity index (χ0v) is 25.9. The predicted octanol–water partition coefficient (Wildman–Crippen LogP) is 6.78. The van der Waals surface area contributed by atoms with Crippen molar-refractivity contribution >= 4 is 15.9 Å². The number of allylic oxidation sites excluding steroid dienone is 4. The first-order valence-electron chi connectivity index (χ1n) is 14.5. The van der Waals surface area contributed by atoms with Gasteiger partial charge in [-0.05, 0) is 93.3 Å². The molecule has 43 heavy (non-hydrogen) atoms. The molecule has 0 aliphatic heterocycles. The average Bonchev–Trinajstić information content (AvgIpc) is 3.78. The van der Waals surface area contributed by atoms with Crippen molar-refractivity contribution in [1.82, 2.24) is 9.62 Å². The van der Waals surface area contributed by atoms with Crippen LogP contribution >= 0.6 is 0 Å². The predicted molar refractivity (Wildman–Crippen MR) is 171 cm³/mol. The van der Waals surface area contributed by atoms with Gasteiger partial charge in [0.05, 0.1) is 23.6 Å². The van der Waals surface area contributed by atoms with Crippen molar-refractivity contribution in [2.75, 3.05) is 19.8 Å². The summed E-state index contributed by atoms with van der Waals surface area (Å²) in [4.78, 5) is 13.4. The molecule has 0 unspecified atom stereocenters. The van der Waals surface area contributed by atoms with E-state index < -0.39 is 10.0 Å². The van der Waals surface area contributed by atoms with Gasteiger partial charge in [0.15, 0.2) is 0 Å². The molecule has 1 amide bonds. The Morgan fingerprint density at radius 3 is 2.02 bits per heavy atom. The average molecular weight is 601 g/mol. The Bertz CT molecular complexity index is 1550. The third kappa shape index (κ3) is 8.24. The Balaban J connectivity index is 1.50. The van der Waals surface area contributed by atoms with Gasteiger partial charge in [0.2, 0.25) is 10.0 Å². The summed E-state index contributed by atoms with van der Waals surface area (Å²) in [5.74, 6) is 1.26. The van der Waals surface area contributed by atoms with Gasteiger partial charge in [0.25, 0.3) is 5.91 Å². The zero-order valence-electron chi connectivity index (χ0n) is 25.1. The van der Waals surface area contributed by atoms with Crippen LogP contribution in [0.25, 0.3) is 0 Å². The van der Waals surface area contributed by atoms with Crippen molar-refractivity contribution in [1.29, 1.82) is 0 Å². The third-order valence-electron chi connectivity index (χ3n) is 7.22. The number of hydrogen-bond donors (Lipinski definition) is 1. The summed E-state index contributed by atoms with van der Waals surface area (Å²) in [6.07, 6.45) is 8.90. The molecule has 1 aliphatic rings. The van der Waals surface area contributed by atoms with Crippen LogP contribution in [0, 0.1) is 0 Å². The van der Waals surface area contributed by atoms with Crippen molar-refractivity contribution in [3.8, 4) is 11.5 Å². The van der Waals surface area contributed by atoms with E-state index in [9.17, 15) is 13.2 Å². The molecular formula is C35H40N2O5S. The molecule has 0 atom stereocenters. The SMILES string of the molecule is C=C/C=C\C=C(/C)CN(Cc1ccc(C(=O)NC2(c3ccc(OCC)cc3)CC2)cc1)S(=O)(=O)c1ccc(OCC)cc1. The van der Waals surface area contributed by atoms with Crippen LogP contribution in [0.4, 0.5) is 0 Å². The van der Waals surface area contributed by atoms with Crippen molar-refractivity contribution in [2.24, 2.45) is 0 Å². The molecule has 3 aromatic rings. The van der Waals surface area contributed by atoms with Gasteiger partial charge in [-0.25, -0.2) is 8.42 Å². The molecule has 0 aromatic heterocycles. The van der Waals surface area contributed by atoms with E-state index in [1.807, 2.05) is 69.3 Å². The highest BCUT2D eigenvalue weighted by atomic mass is 32.2. The third-order valence-corrected chi connectivity index (χ3v) is 9.03. The van der Waals surface area contributed by atoms with Crippen LogP contribution in [0.3, 0.4) is 0 Å². The fourth-order valence-electron chi connectivity index (χ4n) is 4.78. The number of carbonyl (C=O) groups excluding carboxylic acids is 1. The first-order chi connectivity index (χ1) is 20.7. The van der Waals surface area contributed by atoms with Crippen LogP contribution in [0.15, 0.2) is 114 Å². The van der Waals surface area contributed by atoms with Crippen LogP contribution < -0.4 is 14.8 Å². The first kappa shape index (κ1) is 31.8. The van der Waals surface area contributed by atoms with Crippen LogP contribution in [-0.2, 0) is 22.1 Å². The molecule has 1 fully saturated rings. The van der Waals surface area contributed by atoms with Gasteiger partial charge >= 0.3 is 0 Å². The molecule has 1 saturated carbocycles. The fraction of sp³-hybridized carbons (Fsp3) is 0.286. The Morgan fingerprint density at radius 2 is 1.49 bits per heavy atom. The number of amides is 1. The van der Waals surface area contributed by atoms with Crippen LogP contribution in [0.1, 0.15) is 55.1 Å². The monoisotopic (exact) mass is 600 g/mol. The molecule has 7 nitrogen and oxygen atoms in total. The molecule has 0 heterocycles. The maximum absolute atomic E-state index is 13.8. The molecule has 1 N–H and O–H groups in total. The Labute approximate surface area is 255 Å². The lowest BCUT2D eigenvalue weighted by Gasteiger charge is -2.23. The summed E-state index contributed by atoms with van der Waals surface area (Å²) in [6.45, 7) is 10.8. The summed E-state index contributed by atoms with van der Waals surface area (Å²) in [5.41, 5.74) is 2.85. The highest BCUT2D eigenvalue weighted by Crippen LogP contribution is 2.46. The van der Waals surface area contributed by atoms with E-state index in [1.165, 1.54) is 4.31 Å². The lowest BCUT2D eigenvalue weighted by molar-refractivity contribution is 0.0930. The molecule has 0 radical (unpaired) electrons. The maximum atomic E-state index is 13.8. The summed E-state index contributed by atoms with van der Waals surface area (Å²) in [7, 11) is -3.83. The van der Waals surface area contributed by atoms with Crippen molar-refractivity contribution in [3.63, 3.8) is 0 Å². The summed E-state index contributed by atoms with van der Waals surface area (Å²) < 4.78 is 40.0. The topological polar surface area (TPSA) is 84.9 Å². The number of carbonyl (C=O) groups is 1. The van der Waals surface area contributed by atoms with Gasteiger partial charge in [0.1, 0.15) is 11.5 Å². The summed E-state index contributed by atoms with van der Waals surface area (Å²) in [6, 6.07) is 21.4. The van der Waals surface area contributed by atoms with E-state index >= 15 is 0 Å². The highest BCUT2D eigenvalue weighted by molar-refractivity contribution is 7.89. The van der Waals surface area contributed by atoms with Gasteiger partial charge in [-0.1, -0.05) is 60.7 Å². The van der Waals surface area contributed by atoms with Gasteiger partial charge in [-0.2, -0.15) is 4.31 Å². The van der Waals surface area contributed by atoms with E-state index in [2.05, 4.69) is 11.9 Å². The van der Waals surface area contributed by atoms with E-state index in [0.29, 0.717) is 24.5 Å². The van der Waals surface area contributed by atoms with Gasteiger partial charge < -0.3 is 14.8 Å². The minimum atomic E-state index is -3.83. The minimum absolute atomic E-state index is 0.143. The normalized spacial score (nSPS) is 14.5. The summed E-state index contributed by atoms with van der Waals surface area (Å²) >= 11 is 0. The molecule has 3 aromatic carbocycles. The second-order valence-electron chi connectivity index (χ2n) is 10.5. The molecule has 1 aliphatic carbocycles. The fourth-order valence-corrected chi connectivity index (χ4v) is 6.25. The van der Waals surface area contributed by atoms with E-state index in [1.54, 1.807) is 48.6 Å². The number of ether oxygens (including phenoxy) is 2. The number of nitrogens with one attached hydrogen (secondary N) is 1. The Morgan fingerprint density at radius 1 is 0.907 bits per heavy atom. The number of sulfonamides is 1. The van der Waals surface area contributed by atoms with Crippen LogP contribution in [-0.4, -0.2) is 38.4 Å². The number of hydrogen-bond acceptors (Lipinski definition) is 5. The second kappa shape index (κ2) is 14.4. The van der Waals surface area contributed by atoms with Crippen LogP contribution in [0.2, 0.25) is 0 Å². The van der Waals surface area contributed by atoms with Crippen molar-refractivity contribution in [2.45, 2.75) is 50.6 Å². The van der Waals surface area contributed by atoms with Gasteiger partial charge in [-0.3, -0.25) is 4.79 Å². The molecule has 0 saturated heterocycles. The molecule has 4 rings (SSSR count). The standard InChI is InChI=1S/C35H40N2O5S/c1-5-8-9-10-27(4)25-37(43(39,40)33-21-19-32(20-22-33)42-7-3)26-28-11-13-29(14-12-28)34(38)36-35(23-24-35)30-15-17-31(18-16-30)41-6-2/h5,8-22H,1,6-7,23-26H2,2-4H3,(H,36,38)/b9-8-,27-10+. The van der Waals surface area contributed by atoms with Crippen LogP contribution in [0.5, 0.6) is 11.5 Å². The summed E-state index contributed by atoms with van der Waals surface area (Å²) in [5, 5.41) is 3.20. The van der Waals surface area contributed by atoms with Gasteiger partial charge in [0, 0.05) is 18.7 Å². The maximum Gasteiger partial charge on any atom is 0.251 e. The highest BCUT2D eigenvalue weighted by Gasteiger charge is 2.45. The van der Waals surface area contributed by atoms with E-state index in [4.69, 9.17) is 9.47 Å². The smallest absolute Gasteiger partial charge is 0.251 e. The number of rotatable bonds is 15. The zero-order chi connectivity index (χ0) is 30.9. The quantitative estimate of drug-likeness (QED) is 0.194. The van der Waals surface area contributed by atoms with Crippen molar-refractivity contribution in [3.05, 3.63) is 126 Å². The van der Waals surface area contributed by atoms with E-state index in [0.717, 1.165) is 35.3 Å². The number of benzene rings is 3. The second-order valence-corrected chi connectivity index (χ2v) is 12.4. The minimum Gasteiger partial charge on any atom is -0.494 e. The number of nitrogens with zero attached hydrogens (tertiary/aromatic N) is 1. The Kier molecular flexibility index (Phi) is 10.6. The lowest BCUT2D eigenvalue weighted by Crippen LogP contribution is -2.35.